The van der Waals surface area contributed by atoms with E-state index < -0.39 is 23.9 Å². The summed E-state index contributed by atoms with van der Waals surface area (Å²) in [7, 11) is 0. The van der Waals surface area contributed by atoms with Crippen molar-refractivity contribution in [2.45, 2.75) is 19.2 Å². The zero-order valence-corrected chi connectivity index (χ0v) is 13.0. The Hall–Kier alpha value is -2.06. The summed E-state index contributed by atoms with van der Waals surface area (Å²) in [5.41, 5.74) is 0.103. The number of amides is 2. The molecule has 23 heavy (non-hydrogen) atoms. The number of aryl methyl sites for hydroxylation is 1. The van der Waals surface area contributed by atoms with Gasteiger partial charge in [0, 0.05) is 10.6 Å². The summed E-state index contributed by atoms with van der Waals surface area (Å²) >= 11 is 1.37. The minimum Gasteiger partial charge on any atom is -0.386 e. The van der Waals surface area contributed by atoms with Crippen LogP contribution in [0.2, 0.25) is 0 Å². The molecular formula is C15H15F3N2O2S. The van der Waals surface area contributed by atoms with Gasteiger partial charge in [-0.15, -0.1) is 11.3 Å². The second-order valence-electron chi connectivity index (χ2n) is 4.90. The fourth-order valence-corrected chi connectivity index (χ4v) is 2.87. The van der Waals surface area contributed by atoms with Crippen LogP contribution in [0.3, 0.4) is 0 Å². The van der Waals surface area contributed by atoms with E-state index in [1.165, 1.54) is 23.5 Å². The highest BCUT2D eigenvalue weighted by Gasteiger charge is 2.30. The quantitative estimate of drug-likeness (QED) is 0.787. The number of thiophene rings is 1. The molecule has 2 aromatic rings. The number of halogens is 3. The van der Waals surface area contributed by atoms with Crippen molar-refractivity contribution in [2.24, 2.45) is 0 Å². The van der Waals surface area contributed by atoms with E-state index in [-0.39, 0.29) is 12.2 Å². The molecule has 2 rings (SSSR count). The van der Waals surface area contributed by atoms with Crippen molar-refractivity contribution < 1.29 is 23.1 Å². The van der Waals surface area contributed by atoms with Crippen LogP contribution in [0, 0.1) is 6.92 Å². The Balaban J connectivity index is 1.91. The number of hydrogen-bond donors (Lipinski definition) is 3. The first kappa shape index (κ1) is 17.3. The SMILES string of the molecule is Cc1ccsc1[C@@H](O)CNC(=O)Nc1cccc(C(F)(F)F)c1. The number of urea groups is 1. The van der Waals surface area contributed by atoms with Crippen molar-refractivity contribution in [3.05, 3.63) is 51.7 Å². The summed E-state index contributed by atoms with van der Waals surface area (Å²) in [6, 6.07) is 5.51. The Morgan fingerprint density at radius 1 is 1.35 bits per heavy atom. The van der Waals surface area contributed by atoms with Gasteiger partial charge in [0.15, 0.2) is 0 Å². The topological polar surface area (TPSA) is 61.4 Å². The highest BCUT2D eigenvalue weighted by Crippen LogP contribution is 2.30. The largest absolute Gasteiger partial charge is 0.416 e. The van der Waals surface area contributed by atoms with E-state index in [2.05, 4.69) is 10.6 Å². The van der Waals surface area contributed by atoms with Gasteiger partial charge in [-0.2, -0.15) is 13.2 Å². The lowest BCUT2D eigenvalue weighted by atomic mass is 10.2. The Bertz CT molecular complexity index is 685. The van der Waals surface area contributed by atoms with Gasteiger partial charge >= 0.3 is 12.2 Å². The maximum atomic E-state index is 12.6. The van der Waals surface area contributed by atoms with Crippen LogP contribution in [-0.4, -0.2) is 17.7 Å². The molecule has 1 aromatic carbocycles. The van der Waals surface area contributed by atoms with Gasteiger partial charge in [-0.3, -0.25) is 0 Å². The average Bonchev–Trinajstić information content (AvgIpc) is 2.90. The van der Waals surface area contributed by atoms with Crippen molar-refractivity contribution in [3.8, 4) is 0 Å². The zero-order chi connectivity index (χ0) is 17.0. The van der Waals surface area contributed by atoms with Crippen molar-refractivity contribution >= 4 is 23.1 Å². The number of carbonyl (C=O) groups is 1. The highest BCUT2D eigenvalue weighted by molar-refractivity contribution is 7.10. The molecule has 3 N–H and O–H groups in total. The van der Waals surface area contributed by atoms with Crippen LogP contribution in [0.15, 0.2) is 35.7 Å². The molecule has 0 aliphatic heterocycles. The van der Waals surface area contributed by atoms with Gasteiger partial charge in [-0.05, 0) is 42.1 Å². The smallest absolute Gasteiger partial charge is 0.386 e. The molecule has 0 spiro atoms. The predicted octanol–water partition coefficient (Wildman–Crippen LogP) is 3.93. The number of aliphatic hydroxyl groups is 1. The molecule has 0 saturated heterocycles. The number of anilines is 1. The molecule has 1 heterocycles. The van der Waals surface area contributed by atoms with Crippen LogP contribution in [0.4, 0.5) is 23.7 Å². The molecule has 1 atom stereocenters. The van der Waals surface area contributed by atoms with E-state index in [4.69, 9.17) is 0 Å². The molecule has 0 radical (unpaired) electrons. The Kier molecular flexibility index (Phi) is 5.27. The molecule has 124 valence electrons. The molecule has 0 aliphatic rings. The standard InChI is InChI=1S/C15H15F3N2O2S/c1-9-5-6-23-13(9)12(21)8-19-14(22)20-11-4-2-3-10(7-11)15(16,17)18/h2-7,12,21H,8H2,1H3,(H2,19,20,22)/t12-/m0/s1. The van der Waals surface area contributed by atoms with E-state index in [1.54, 1.807) is 0 Å². The average molecular weight is 344 g/mol. The first-order valence-electron chi connectivity index (χ1n) is 6.71. The molecule has 0 saturated carbocycles. The third-order valence-electron chi connectivity index (χ3n) is 3.11. The van der Waals surface area contributed by atoms with Crippen molar-refractivity contribution in [2.75, 3.05) is 11.9 Å². The minimum atomic E-state index is -4.47. The summed E-state index contributed by atoms with van der Waals surface area (Å²) in [6.45, 7) is 1.81. The first-order chi connectivity index (χ1) is 10.8. The summed E-state index contributed by atoms with van der Waals surface area (Å²) in [4.78, 5) is 12.5. The molecule has 8 heteroatoms. The number of nitrogens with one attached hydrogen (secondary N) is 2. The lowest BCUT2D eigenvalue weighted by molar-refractivity contribution is -0.137. The first-order valence-corrected chi connectivity index (χ1v) is 7.59. The van der Waals surface area contributed by atoms with Crippen LogP contribution in [0.25, 0.3) is 0 Å². The lowest BCUT2D eigenvalue weighted by Gasteiger charge is -2.13. The number of hydrogen-bond acceptors (Lipinski definition) is 3. The molecule has 2 amide bonds. The van der Waals surface area contributed by atoms with Crippen molar-refractivity contribution in [3.63, 3.8) is 0 Å². The third kappa shape index (κ3) is 4.70. The highest BCUT2D eigenvalue weighted by atomic mass is 32.1. The molecule has 4 nitrogen and oxygen atoms in total. The summed E-state index contributed by atoms with van der Waals surface area (Å²) in [5.74, 6) is 0. The Labute approximate surface area is 135 Å². The molecule has 0 bridgehead atoms. The van der Waals surface area contributed by atoms with Crippen LogP contribution in [0.1, 0.15) is 22.1 Å². The van der Waals surface area contributed by atoms with Crippen LogP contribution in [0.5, 0.6) is 0 Å². The minimum absolute atomic E-state index is 0.0270. The van der Waals surface area contributed by atoms with Gasteiger partial charge in [0.2, 0.25) is 0 Å². The summed E-state index contributed by atoms with van der Waals surface area (Å²) in [6.07, 6.45) is -5.33. The van der Waals surface area contributed by atoms with E-state index >= 15 is 0 Å². The fourth-order valence-electron chi connectivity index (χ4n) is 1.96. The number of carbonyl (C=O) groups excluding carboxylic acids is 1. The monoisotopic (exact) mass is 344 g/mol. The van der Waals surface area contributed by atoms with Gasteiger partial charge in [0.25, 0.3) is 0 Å². The maximum absolute atomic E-state index is 12.6. The van der Waals surface area contributed by atoms with Gasteiger partial charge < -0.3 is 15.7 Å². The molecule has 1 aromatic heterocycles. The maximum Gasteiger partial charge on any atom is 0.416 e. The summed E-state index contributed by atoms with van der Waals surface area (Å²) < 4.78 is 37.8. The van der Waals surface area contributed by atoms with Crippen molar-refractivity contribution in [1.29, 1.82) is 0 Å². The molecule has 0 aliphatic carbocycles. The lowest BCUT2D eigenvalue weighted by Crippen LogP contribution is -2.32. The number of alkyl halides is 3. The second-order valence-corrected chi connectivity index (χ2v) is 5.84. The van der Waals surface area contributed by atoms with Crippen molar-refractivity contribution in [1.82, 2.24) is 5.32 Å². The summed E-state index contributed by atoms with van der Waals surface area (Å²) in [5, 5.41) is 16.5. The number of aliphatic hydroxyl groups excluding tert-OH is 1. The normalized spacial score (nSPS) is 12.7. The van der Waals surface area contributed by atoms with E-state index in [0.717, 1.165) is 22.6 Å². The van der Waals surface area contributed by atoms with E-state index in [9.17, 15) is 23.1 Å². The zero-order valence-electron chi connectivity index (χ0n) is 12.1. The van der Waals surface area contributed by atoms with Gasteiger partial charge in [-0.1, -0.05) is 6.07 Å². The number of benzene rings is 1. The van der Waals surface area contributed by atoms with Crippen LogP contribution < -0.4 is 10.6 Å². The van der Waals surface area contributed by atoms with Gasteiger partial charge in [-0.25, -0.2) is 4.79 Å². The molecule has 0 fully saturated rings. The Morgan fingerprint density at radius 3 is 2.70 bits per heavy atom. The van der Waals surface area contributed by atoms with Crippen LogP contribution in [-0.2, 0) is 6.18 Å². The second kappa shape index (κ2) is 7.01. The predicted molar refractivity (Wildman–Crippen MR) is 82.5 cm³/mol. The van der Waals surface area contributed by atoms with Crippen LogP contribution >= 0.6 is 11.3 Å². The van der Waals surface area contributed by atoms with E-state index in [1.807, 2.05) is 18.4 Å². The number of rotatable bonds is 4. The third-order valence-corrected chi connectivity index (χ3v) is 4.23. The fraction of sp³-hybridized carbons (Fsp3) is 0.267. The van der Waals surface area contributed by atoms with E-state index in [0.29, 0.717) is 0 Å². The van der Waals surface area contributed by atoms with Gasteiger partial charge in [0.1, 0.15) is 6.10 Å². The Morgan fingerprint density at radius 2 is 2.09 bits per heavy atom. The van der Waals surface area contributed by atoms with Gasteiger partial charge in [0.05, 0.1) is 12.1 Å². The molecule has 0 unspecified atom stereocenters. The molecular weight excluding hydrogens is 329 g/mol.